The smallest absolute Gasteiger partial charge is 0.265 e. The molecule has 1 amide bonds. The van der Waals surface area contributed by atoms with Gasteiger partial charge in [-0.2, -0.15) is 0 Å². The first-order valence-electron chi connectivity index (χ1n) is 9.09. The van der Waals surface area contributed by atoms with Crippen molar-refractivity contribution in [2.24, 2.45) is 0 Å². The van der Waals surface area contributed by atoms with Gasteiger partial charge in [-0.3, -0.25) is 4.79 Å². The van der Waals surface area contributed by atoms with Crippen LogP contribution in [-0.4, -0.2) is 12.0 Å². The summed E-state index contributed by atoms with van der Waals surface area (Å²) in [7, 11) is 0. The summed E-state index contributed by atoms with van der Waals surface area (Å²) in [6, 6.07) is 21.5. The quantitative estimate of drug-likeness (QED) is 0.480. The molecule has 2 N–H and O–H groups in total. The van der Waals surface area contributed by atoms with Gasteiger partial charge in [0.1, 0.15) is 5.75 Å². The number of hydrogen-bond donors (Lipinski definition) is 2. The largest absolute Gasteiger partial charge is 0.480 e. The highest BCUT2D eigenvalue weighted by molar-refractivity contribution is 9.10. The number of rotatable bonds is 6. The van der Waals surface area contributed by atoms with Crippen molar-refractivity contribution in [3.8, 4) is 5.75 Å². The van der Waals surface area contributed by atoms with E-state index in [2.05, 4.69) is 26.6 Å². The van der Waals surface area contributed by atoms with Crippen molar-refractivity contribution < 1.29 is 9.53 Å². The lowest BCUT2D eigenvalue weighted by molar-refractivity contribution is -0.122. The number of amides is 1. The lowest BCUT2D eigenvalue weighted by atomic mass is 10.1. The van der Waals surface area contributed by atoms with Gasteiger partial charge < -0.3 is 15.4 Å². The first-order chi connectivity index (χ1) is 13.4. The SMILES string of the molecule is Cc1cc(Br)cc(C)c1OC(C)C(=O)Nc1ccc(Nc2ccccc2)cc1. The molecule has 0 saturated carbocycles. The first-order valence-corrected chi connectivity index (χ1v) is 9.88. The van der Waals surface area contributed by atoms with Crippen LogP contribution >= 0.6 is 15.9 Å². The minimum atomic E-state index is -0.610. The van der Waals surface area contributed by atoms with Crippen molar-refractivity contribution in [3.05, 3.63) is 82.3 Å². The molecule has 0 bridgehead atoms. The van der Waals surface area contributed by atoms with Crippen LogP contribution in [0, 0.1) is 13.8 Å². The van der Waals surface area contributed by atoms with Gasteiger partial charge in [-0.15, -0.1) is 0 Å². The van der Waals surface area contributed by atoms with Gasteiger partial charge in [0.2, 0.25) is 0 Å². The molecule has 0 aliphatic carbocycles. The van der Waals surface area contributed by atoms with E-state index in [4.69, 9.17) is 4.74 Å². The molecule has 3 rings (SSSR count). The summed E-state index contributed by atoms with van der Waals surface area (Å²) in [5.74, 6) is 0.554. The van der Waals surface area contributed by atoms with E-state index in [1.54, 1.807) is 6.92 Å². The molecule has 1 atom stereocenters. The van der Waals surface area contributed by atoms with Gasteiger partial charge in [-0.05, 0) is 80.4 Å². The summed E-state index contributed by atoms with van der Waals surface area (Å²) < 4.78 is 6.92. The Balaban J connectivity index is 1.61. The van der Waals surface area contributed by atoms with Gasteiger partial charge in [0.25, 0.3) is 5.91 Å². The summed E-state index contributed by atoms with van der Waals surface area (Å²) in [5.41, 5.74) is 4.67. The molecular weight excluding hydrogens is 416 g/mol. The molecule has 0 aliphatic rings. The van der Waals surface area contributed by atoms with E-state index in [9.17, 15) is 4.79 Å². The Morgan fingerprint density at radius 2 is 1.43 bits per heavy atom. The molecule has 0 heterocycles. The summed E-state index contributed by atoms with van der Waals surface area (Å²) >= 11 is 3.47. The molecule has 0 spiro atoms. The number of carbonyl (C=O) groups is 1. The van der Waals surface area contributed by atoms with Gasteiger partial charge in [-0.1, -0.05) is 34.1 Å². The molecule has 5 heteroatoms. The van der Waals surface area contributed by atoms with Crippen molar-refractivity contribution in [1.29, 1.82) is 0 Å². The minimum Gasteiger partial charge on any atom is -0.480 e. The maximum absolute atomic E-state index is 12.5. The van der Waals surface area contributed by atoms with E-state index >= 15 is 0 Å². The molecule has 4 nitrogen and oxygen atoms in total. The highest BCUT2D eigenvalue weighted by Gasteiger charge is 2.17. The predicted molar refractivity (Wildman–Crippen MR) is 119 cm³/mol. The van der Waals surface area contributed by atoms with Crippen LogP contribution < -0.4 is 15.4 Å². The molecule has 3 aromatic carbocycles. The Morgan fingerprint density at radius 1 is 0.893 bits per heavy atom. The number of carbonyl (C=O) groups excluding carboxylic acids is 1. The van der Waals surface area contributed by atoms with Crippen molar-refractivity contribution in [3.63, 3.8) is 0 Å². The molecule has 0 radical (unpaired) electrons. The summed E-state index contributed by atoms with van der Waals surface area (Å²) in [6.07, 6.45) is -0.610. The Hall–Kier alpha value is -2.79. The van der Waals surface area contributed by atoms with Gasteiger partial charge in [0.05, 0.1) is 0 Å². The standard InChI is InChI=1S/C23H23BrN2O2/c1-15-13-18(24)14-16(2)22(15)28-17(3)23(27)26-21-11-9-20(10-12-21)25-19-7-5-4-6-8-19/h4-14,17,25H,1-3H3,(H,26,27). The Morgan fingerprint density at radius 3 is 2.04 bits per heavy atom. The normalized spacial score (nSPS) is 11.6. The highest BCUT2D eigenvalue weighted by atomic mass is 79.9. The Bertz CT molecular complexity index is 933. The maximum Gasteiger partial charge on any atom is 0.265 e. The third-order valence-corrected chi connectivity index (χ3v) is 4.76. The van der Waals surface area contributed by atoms with E-state index in [1.807, 2.05) is 80.6 Å². The number of ether oxygens (including phenoxy) is 1. The number of benzene rings is 3. The second-order valence-corrected chi connectivity index (χ2v) is 7.60. The van der Waals surface area contributed by atoms with Crippen LogP contribution in [0.15, 0.2) is 71.2 Å². The van der Waals surface area contributed by atoms with Crippen molar-refractivity contribution in [2.45, 2.75) is 26.9 Å². The molecule has 0 aliphatic heterocycles. The number of nitrogens with one attached hydrogen (secondary N) is 2. The van der Waals surface area contributed by atoms with Crippen molar-refractivity contribution in [2.75, 3.05) is 10.6 Å². The number of para-hydroxylation sites is 1. The lowest BCUT2D eigenvalue weighted by Crippen LogP contribution is -2.30. The third kappa shape index (κ3) is 5.14. The van der Waals surface area contributed by atoms with Gasteiger partial charge in [-0.25, -0.2) is 0 Å². The zero-order valence-corrected chi connectivity index (χ0v) is 17.7. The van der Waals surface area contributed by atoms with Crippen LogP contribution in [0.4, 0.5) is 17.1 Å². The molecule has 0 aromatic heterocycles. The lowest BCUT2D eigenvalue weighted by Gasteiger charge is -2.18. The van der Waals surface area contributed by atoms with E-state index in [1.165, 1.54) is 0 Å². The second-order valence-electron chi connectivity index (χ2n) is 6.69. The maximum atomic E-state index is 12.5. The number of halogens is 1. The van der Waals surface area contributed by atoms with Crippen LogP contribution in [0.2, 0.25) is 0 Å². The van der Waals surface area contributed by atoms with Crippen molar-refractivity contribution in [1.82, 2.24) is 0 Å². The molecule has 1 unspecified atom stereocenters. The first kappa shape index (κ1) is 20.0. The van der Waals surface area contributed by atoms with E-state index < -0.39 is 6.10 Å². The molecule has 28 heavy (non-hydrogen) atoms. The van der Waals surface area contributed by atoms with Crippen LogP contribution in [0.25, 0.3) is 0 Å². The topological polar surface area (TPSA) is 50.4 Å². The van der Waals surface area contributed by atoms with Crippen LogP contribution in [0.1, 0.15) is 18.1 Å². The van der Waals surface area contributed by atoms with E-state index in [0.717, 1.165) is 38.4 Å². The number of aryl methyl sites for hydroxylation is 2. The van der Waals surface area contributed by atoms with Crippen LogP contribution in [0.5, 0.6) is 5.75 Å². The molecule has 0 saturated heterocycles. The number of hydrogen-bond acceptors (Lipinski definition) is 3. The summed E-state index contributed by atoms with van der Waals surface area (Å²) in [4.78, 5) is 12.5. The zero-order valence-electron chi connectivity index (χ0n) is 16.1. The van der Waals surface area contributed by atoms with Gasteiger partial charge in [0.15, 0.2) is 6.10 Å². The highest BCUT2D eigenvalue weighted by Crippen LogP contribution is 2.28. The average Bonchev–Trinajstić information content (AvgIpc) is 2.67. The third-order valence-electron chi connectivity index (χ3n) is 4.30. The fraction of sp³-hybridized carbons (Fsp3) is 0.174. The predicted octanol–water partition coefficient (Wildman–Crippen LogP) is 6.22. The molecule has 0 fully saturated rings. The monoisotopic (exact) mass is 438 g/mol. The van der Waals surface area contributed by atoms with Gasteiger partial charge in [0, 0.05) is 21.5 Å². The fourth-order valence-corrected chi connectivity index (χ4v) is 3.57. The molecule has 144 valence electrons. The summed E-state index contributed by atoms with van der Waals surface area (Å²) in [6.45, 7) is 5.69. The zero-order chi connectivity index (χ0) is 20.1. The van der Waals surface area contributed by atoms with Gasteiger partial charge >= 0.3 is 0 Å². The Kier molecular flexibility index (Phi) is 6.37. The minimum absolute atomic E-state index is 0.189. The second kappa shape index (κ2) is 8.93. The van der Waals surface area contributed by atoms with E-state index in [-0.39, 0.29) is 5.91 Å². The summed E-state index contributed by atoms with van der Waals surface area (Å²) in [5, 5.41) is 6.22. The average molecular weight is 439 g/mol. The van der Waals surface area contributed by atoms with Crippen LogP contribution in [-0.2, 0) is 4.79 Å². The number of anilines is 3. The van der Waals surface area contributed by atoms with E-state index in [0.29, 0.717) is 0 Å². The van der Waals surface area contributed by atoms with Crippen LogP contribution in [0.3, 0.4) is 0 Å². The molecular formula is C23H23BrN2O2. The van der Waals surface area contributed by atoms with Crippen molar-refractivity contribution >= 4 is 38.9 Å². The molecule has 3 aromatic rings. The Labute approximate surface area is 174 Å². The fourth-order valence-electron chi connectivity index (χ4n) is 2.88.